The van der Waals surface area contributed by atoms with Crippen LogP contribution in [0.2, 0.25) is 0 Å². The number of likely N-dealkylation sites (tertiary alicyclic amines) is 1. The third-order valence-electron chi connectivity index (χ3n) is 7.71. The van der Waals surface area contributed by atoms with Gasteiger partial charge in [-0.1, -0.05) is 42.5 Å². The Balaban J connectivity index is 1.22. The molecule has 1 saturated carbocycles. The summed E-state index contributed by atoms with van der Waals surface area (Å²) in [4.78, 5) is 23.1. The summed E-state index contributed by atoms with van der Waals surface area (Å²) < 4.78 is 3.41. The lowest BCUT2D eigenvalue weighted by molar-refractivity contribution is -0.131. The number of hydrogen-bond acceptors (Lipinski definition) is 2. The molecule has 3 heterocycles. The van der Waals surface area contributed by atoms with E-state index in [0.29, 0.717) is 17.7 Å². The second-order valence-electron chi connectivity index (χ2n) is 10.2. The summed E-state index contributed by atoms with van der Waals surface area (Å²) in [6.07, 6.45) is 5.16. The molecular weight excluding hydrogens is 512 g/mol. The summed E-state index contributed by atoms with van der Waals surface area (Å²) in [5.74, 6) is 2.07. The summed E-state index contributed by atoms with van der Waals surface area (Å²) in [6.45, 7) is 2.58. The van der Waals surface area contributed by atoms with Crippen LogP contribution in [-0.2, 0) is 11.3 Å². The maximum atomic E-state index is 12.6. The van der Waals surface area contributed by atoms with E-state index in [2.05, 4.69) is 91.0 Å². The van der Waals surface area contributed by atoms with Crippen molar-refractivity contribution in [2.24, 2.45) is 11.8 Å². The van der Waals surface area contributed by atoms with Crippen molar-refractivity contribution < 1.29 is 4.79 Å². The predicted molar refractivity (Wildman–Crippen MR) is 148 cm³/mol. The van der Waals surface area contributed by atoms with Crippen LogP contribution < -0.4 is 0 Å². The molecule has 3 aromatic carbocycles. The zero-order valence-corrected chi connectivity index (χ0v) is 21.5. The van der Waals surface area contributed by atoms with Crippen LogP contribution in [0.1, 0.15) is 19.3 Å². The summed E-state index contributed by atoms with van der Waals surface area (Å²) in [5, 5.41) is 1.22. The number of fused-ring (bicyclic) bond motifs is 2. The molecule has 2 fully saturated rings. The van der Waals surface area contributed by atoms with Gasteiger partial charge in [-0.3, -0.25) is 4.79 Å². The van der Waals surface area contributed by atoms with Crippen LogP contribution in [0.15, 0.2) is 77.4 Å². The second kappa shape index (κ2) is 8.63. The van der Waals surface area contributed by atoms with Crippen molar-refractivity contribution >= 4 is 43.8 Å². The highest BCUT2D eigenvalue weighted by Gasteiger charge is 2.36. The molecule has 5 aromatic rings. The molecule has 2 aromatic heterocycles. The number of amides is 1. The second-order valence-corrected chi connectivity index (χ2v) is 11.1. The minimum Gasteiger partial charge on any atom is -0.361 e. The summed E-state index contributed by atoms with van der Waals surface area (Å²) in [5.41, 5.74) is 6.74. The molecule has 2 aliphatic rings. The number of H-pyrrole nitrogens is 1. The molecule has 1 aliphatic carbocycles. The van der Waals surface area contributed by atoms with E-state index in [4.69, 9.17) is 4.98 Å². The van der Waals surface area contributed by atoms with Crippen molar-refractivity contribution in [1.82, 2.24) is 19.4 Å². The summed E-state index contributed by atoms with van der Waals surface area (Å²) >= 11 is 3.78. The van der Waals surface area contributed by atoms with Crippen molar-refractivity contribution in [3.8, 4) is 22.5 Å². The molecule has 1 atom stereocenters. The molecule has 0 bridgehead atoms. The van der Waals surface area contributed by atoms with Gasteiger partial charge in [0, 0.05) is 47.3 Å². The monoisotopic (exact) mass is 538 g/mol. The van der Waals surface area contributed by atoms with Gasteiger partial charge in [0.05, 0.1) is 11.0 Å². The van der Waals surface area contributed by atoms with Crippen molar-refractivity contribution in [3.05, 3.63) is 77.4 Å². The molecule has 0 unspecified atom stereocenters. The van der Waals surface area contributed by atoms with Gasteiger partial charge < -0.3 is 14.5 Å². The van der Waals surface area contributed by atoms with Crippen LogP contribution in [0, 0.1) is 11.8 Å². The molecule has 1 N–H and O–H groups in total. The number of rotatable bonds is 5. The van der Waals surface area contributed by atoms with E-state index in [1.807, 2.05) is 12.3 Å². The number of aromatic nitrogens is 3. The molecular formula is C30H27BrN4O. The van der Waals surface area contributed by atoms with Crippen molar-refractivity contribution in [2.75, 3.05) is 13.1 Å². The van der Waals surface area contributed by atoms with Crippen LogP contribution in [0.25, 0.3) is 44.5 Å². The molecule has 1 amide bonds. The minimum atomic E-state index is 0.291. The Bertz CT molecular complexity index is 1590. The lowest BCUT2D eigenvalue weighted by Crippen LogP contribution is -2.30. The van der Waals surface area contributed by atoms with Gasteiger partial charge in [-0.2, -0.15) is 0 Å². The van der Waals surface area contributed by atoms with Gasteiger partial charge in [0.2, 0.25) is 5.91 Å². The highest BCUT2D eigenvalue weighted by atomic mass is 79.9. The van der Waals surface area contributed by atoms with E-state index in [9.17, 15) is 4.79 Å². The molecule has 36 heavy (non-hydrogen) atoms. The molecule has 5 nitrogen and oxygen atoms in total. The third-order valence-corrected chi connectivity index (χ3v) is 8.35. The van der Waals surface area contributed by atoms with Crippen LogP contribution >= 0.6 is 15.9 Å². The van der Waals surface area contributed by atoms with Crippen LogP contribution in [0.5, 0.6) is 0 Å². The van der Waals surface area contributed by atoms with Crippen LogP contribution in [0.3, 0.4) is 0 Å². The van der Waals surface area contributed by atoms with Crippen LogP contribution in [-0.4, -0.2) is 38.4 Å². The first-order valence-electron chi connectivity index (χ1n) is 12.8. The fraction of sp³-hybridized carbons (Fsp3) is 0.267. The smallest absolute Gasteiger partial charge is 0.225 e. The van der Waals surface area contributed by atoms with Gasteiger partial charge in [-0.05, 0) is 81.9 Å². The molecule has 7 rings (SSSR count). The number of nitrogens with one attached hydrogen (secondary N) is 1. The Morgan fingerprint density at radius 1 is 0.972 bits per heavy atom. The Labute approximate surface area is 218 Å². The Morgan fingerprint density at radius 2 is 1.78 bits per heavy atom. The van der Waals surface area contributed by atoms with E-state index >= 15 is 0 Å². The van der Waals surface area contributed by atoms with E-state index in [1.165, 1.54) is 16.5 Å². The summed E-state index contributed by atoms with van der Waals surface area (Å²) in [6, 6.07) is 23.6. The fourth-order valence-corrected chi connectivity index (χ4v) is 6.18. The largest absolute Gasteiger partial charge is 0.361 e. The van der Waals surface area contributed by atoms with Gasteiger partial charge in [0.25, 0.3) is 0 Å². The minimum absolute atomic E-state index is 0.291. The first-order chi connectivity index (χ1) is 17.6. The maximum absolute atomic E-state index is 12.6. The Morgan fingerprint density at radius 3 is 2.61 bits per heavy atom. The lowest BCUT2D eigenvalue weighted by atomic mass is 10.0. The average molecular weight is 539 g/mol. The number of para-hydroxylation sites is 1. The lowest BCUT2D eigenvalue weighted by Gasteiger charge is -2.18. The average Bonchev–Trinajstić information content (AvgIpc) is 3.29. The topological polar surface area (TPSA) is 53.9 Å². The first kappa shape index (κ1) is 21.9. The Kier molecular flexibility index (Phi) is 5.24. The van der Waals surface area contributed by atoms with E-state index in [1.54, 1.807) is 0 Å². The number of halogens is 1. The highest BCUT2D eigenvalue weighted by Crippen LogP contribution is 2.35. The third kappa shape index (κ3) is 3.84. The number of carbonyl (C=O) groups is 1. The number of nitrogens with zero attached hydrogens (tertiary/aromatic N) is 3. The Hall–Kier alpha value is -3.38. The van der Waals surface area contributed by atoms with E-state index < -0.39 is 0 Å². The number of hydrogen-bond donors (Lipinski definition) is 1. The normalized spacial score (nSPS) is 17.9. The van der Waals surface area contributed by atoms with E-state index in [-0.39, 0.29) is 0 Å². The maximum Gasteiger partial charge on any atom is 0.225 e. The van der Waals surface area contributed by atoms with Crippen molar-refractivity contribution in [2.45, 2.75) is 25.8 Å². The number of imidazole rings is 1. The highest BCUT2D eigenvalue weighted by molar-refractivity contribution is 9.10. The van der Waals surface area contributed by atoms with Crippen LogP contribution in [0.4, 0.5) is 0 Å². The predicted octanol–water partition coefficient (Wildman–Crippen LogP) is 6.87. The van der Waals surface area contributed by atoms with Gasteiger partial charge >= 0.3 is 0 Å². The number of aromatic amines is 1. The molecule has 1 saturated heterocycles. The van der Waals surface area contributed by atoms with Crippen molar-refractivity contribution in [1.29, 1.82) is 0 Å². The zero-order chi connectivity index (χ0) is 24.2. The molecule has 6 heteroatoms. The molecule has 0 spiro atoms. The van der Waals surface area contributed by atoms with Gasteiger partial charge in [-0.25, -0.2) is 4.98 Å². The van der Waals surface area contributed by atoms with Gasteiger partial charge in [0.15, 0.2) is 0 Å². The summed E-state index contributed by atoms with van der Waals surface area (Å²) in [7, 11) is 0. The number of benzene rings is 3. The molecule has 0 radical (unpaired) electrons. The SMILES string of the molecule is O=C(C1CC1)N1CC[C@@H](Cn2c(-c3ccc(-c4ccc5cc[nH]c5c4)cc3)nc3cccc(Br)c32)C1. The van der Waals surface area contributed by atoms with Gasteiger partial charge in [-0.15, -0.1) is 0 Å². The van der Waals surface area contributed by atoms with E-state index in [0.717, 1.165) is 71.3 Å². The quantitative estimate of drug-likeness (QED) is 0.265. The van der Waals surface area contributed by atoms with Gasteiger partial charge in [0.1, 0.15) is 5.82 Å². The molecule has 1 aliphatic heterocycles. The fourth-order valence-electron chi connectivity index (χ4n) is 5.61. The zero-order valence-electron chi connectivity index (χ0n) is 20.0. The standard InChI is InChI=1S/C30H27BrN4O/c31-25-2-1-3-26-28(25)35(18-19-13-15-34(17-19)30(36)23-9-10-23)29(33-26)22-7-4-20(5-8-22)24-11-6-21-12-14-32-27(21)16-24/h1-8,11-12,14,16,19,23,32H,9-10,13,15,17-18H2/t19-/m1/s1. The molecule has 180 valence electrons. The first-order valence-corrected chi connectivity index (χ1v) is 13.5. The number of carbonyl (C=O) groups excluding carboxylic acids is 1. The van der Waals surface area contributed by atoms with Crippen molar-refractivity contribution in [3.63, 3.8) is 0 Å².